The summed E-state index contributed by atoms with van der Waals surface area (Å²) in [4.78, 5) is 4.22. The van der Waals surface area contributed by atoms with Crippen LogP contribution in [-0.4, -0.2) is 17.6 Å². The van der Waals surface area contributed by atoms with Crippen LogP contribution in [0.3, 0.4) is 0 Å². The van der Waals surface area contributed by atoms with Gasteiger partial charge in [0.15, 0.2) is 5.96 Å². The topological polar surface area (TPSA) is 150 Å². The van der Waals surface area contributed by atoms with Crippen LogP contribution in [0.4, 0.5) is 11.4 Å². The number of hydrogen-bond donors (Lipinski definition) is 6. The lowest BCUT2D eigenvalue weighted by Crippen LogP contribution is -2.22. The molecule has 0 aliphatic rings. The van der Waals surface area contributed by atoms with Crippen LogP contribution in [-0.2, 0) is 0 Å². The van der Waals surface area contributed by atoms with E-state index in [1.54, 1.807) is 48.5 Å². The average Bonchev–Trinajstić information content (AvgIpc) is 2.47. The normalized spacial score (nSPS) is 11.0. The molecule has 0 amide bonds. The lowest BCUT2D eigenvalue weighted by molar-refractivity contribution is 1.39. The highest BCUT2D eigenvalue weighted by atomic mass is 15.1. The molecular weight excluding hydrogens is 278 g/mol. The maximum Gasteiger partial charge on any atom is 0.198 e. The highest BCUT2D eigenvalue weighted by molar-refractivity contribution is 5.99. The summed E-state index contributed by atoms with van der Waals surface area (Å²) in [6.45, 7) is 0. The van der Waals surface area contributed by atoms with Gasteiger partial charge in [0, 0.05) is 16.8 Å². The minimum atomic E-state index is -0.0299. The summed E-state index contributed by atoms with van der Waals surface area (Å²) in [6, 6.07) is 13.9. The minimum Gasteiger partial charge on any atom is -0.384 e. The number of nitrogens with zero attached hydrogens (tertiary/aromatic N) is 1. The second kappa shape index (κ2) is 6.40. The molecule has 0 heterocycles. The Morgan fingerprint density at radius 1 is 0.864 bits per heavy atom. The van der Waals surface area contributed by atoms with Gasteiger partial charge in [-0.3, -0.25) is 10.8 Å². The molecule has 0 spiro atoms. The number of anilines is 1. The van der Waals surface area contributed by atoms with Crippen molar-refractivity contribution in [3.8, 4) is 0 Å². The fourth-order valence-electron chi connectivity index (χ4n) is 1.82. The Labute approximate surface area is 127 Å². The Morgan fingerprint density at radius 2 is 1.45 bits per heavy atom. The first-order valence-electron chi connectivity index (χ1n) is 6.46. The second-order valence-corrected chi connectivity index (χ2v) is 4.58. The first-order valence-corrected chi connectivity index (χ1v) is 6.46. The summed E-state index contributed by atoms with van der Waals surface area (Å²) in [5, 5.41) is 17.7. The summed E-state index contributed by atoms with van der Waals surface area (Å²) in [5.41, 5.74) is 19.2. The van der Waals surface area contributed by atoms with Gasteiger partial charge in [-0.05, 0) is 24.3 Å². The Hall–Kier alpha value is -3.35. The quantitative estimate of drug-likeness (QED) is 0.372. The molecule has 0 atom stereocenters. The van der Waals surface area contributed by atoms with Gasteiger partial charge in [-0.15, -0.1) is 0 Å². The van der Waals surface area contributed by atoms with E-state index < -0.39 is 0 Å². The third-order valence-electron chi connectivity index (χ3n) is 2.85. The minimum absolute atomic E-state index is 0.0201. The van der Waals surface area contributed by atoms with Gasteiger partial charge in [-0.2, -0.15) is 0 Å². The Kier molecular flexibility index (Phi) is 4.38. The van der Waals surface area contributed by atoms with Gasteiger partial charge in [0.1, 0.15) is 11.7 Å². The van der Waals surface area contributed by atoms with E-state index in [1.807, 2.05) is 0 Å². The summed E-state index contributed by atoms with van der Waals surface area (Å²) >= 11 is 0. The number of aliphatic imine (C=N–C) groups is 1. The number of nitrogens with two attached hydrogens (primary N) is 3. The van der Waals surface area contributed by atoms with Crippen LogP contribution in [0.25, 0.3) is 0 Å². The van der Waals surface area contributed by atoms with Gasteiger partial charge in [-0.25, -0.2) is 4.99 Å². The standard InChI is InChI=1S/C15H17N7/c16-13(17)9-3-1-5-11(7-9)21-15(20)22-12-6-2-4-10(8-12)14(18)19/h1-8H,(H3,16,17)(H3,18,19)(H3,20,21,22). The summed E-state index contributed by atoms with van der Waals surface area (Å²) < 4.78 is 0. The van der Waals surface area contributed by atoms with E-state index in [0.717, 1.165) is 0 Å². The van der Waals surface area contributed by atoms with E-state index in [-0.39, 0.29) is 17.6 Å². The van der Waals surface area contributed by atoms with Gasteiger partial charge in [0.25, 0.3) is 0 Å². The molecule has 2 rings (SSSR count). The zero-order valence-electron chi connectivity index (χ0n) is 11.8. The lowest BCUT2D eigenvalue weighted by Gasteiger charge is -2.07. The predicted octanol–water partition coefficient (Wildman–Crippen LogP) is 1.31. The number of amidine groups is 2. The van der Waals surface area contributed by atoms with Crippen LogP contribution in [0.5, 0.6) is 0 Å². The first-order chi connectivity index (χ1) is 10.5. The molecule has 0 aliphatic carbocycles. The van der Waals surface area contributed by atoms with Crippen LogP contribution >= 0.6 is 0 Å². The predicted molar refractivity (Wildman–Crippen MR) is 89.8 cm³/mol. The zero-order chi connectivity index (χ0) is 16.1. The van der Waals surface area contributed by atoms with Crippen molar-refractivity contribution < 1.29 is 0 Å². The number of nitrogen functional groups attached to an aromatic ring is 2. The van der Waals surface area contributed by atoms with Crippen molar-refractivity contribution in [3.05, 3.63) is 59.7 Å². The highest BCUT2D eigenvalue weighted by Crippen LogP contribution is 2.15. The summed E-state index contributed by atoms with van der Waals surface area (Å²) in [7, 11) is 0. The highest BCUT2D eigenvalue weighted by Gasteiger charge is 2.01. The van der Waals surface area contributed by atoms with Crippen molar-refractivity contribution in [3.63, 3.8) is 0 Å². The molecule has 0 aliphatic heterocycles. The third-order valence-corrected chi connectivity index (χ3v) is 2.85. The molecule has 0 bridgehead atoms. The van der Waals surface area contributed by atoms with E-state index in [2.05, 4.69) is 10.3 Å². The van der Waals surface area contributed by atoms with Crippen molar-refractivity contribution in [1.82, 2.24) is 0 Å². The van der Waals surface area contributed by atoms with Crippen LogP contribution in [0, 0.1) is 10.8 Å². The second-order valence-electron chi connectivity index (χ2n) is 4.58. The molecule has 2 aromatic rings. The SMILES string of the molecule is N=C(N)c1cccc(N=C(N)Nc2cccc(C(=N)N)c2)c1. The van der Waals surface area contributed by atoms with Gasteiger partial charge in [-0.1, -0.05) is 24.3 Å². The van der Waals surface area contributed by atoms with E-state index >= 15 is 0 Å². The van der Waals surface area contributed by atoms with Crippen LogP contribution in [0.15, 0.2) is 53.5 Å². The van der Waals surface area contributed by atoms with Gasteiger partial charge in [0.2, 0.25) is 0 Å². The van der Waals surface area contributed by atoms with Crippen LogP contribution in [0.1, 0.15) is 11.1 Å². The Bertz CT molecular complexity index is 749. The maximum atomic E-state index is 7.41. The molecule has 0 unspecified atom stereocenters. The first kappa shape index (κ1) is 15.0. The van der Waals surface area contributed by atoms with Crippen LogP contribution < -0.4 is 22.5 Å². The van der Waals surface area contributed by atoms with Gasteiger partial charge < -0.3 is 22.5 Å². The van der Waals surface area contributed by atoms with Crippen LogP contribution in [0.2, 0.25) is 0 Å². The Balaban J connectivity index is 2.19. The smallest absolute Gasteiger partial charge is 0.198 e. The molecule has 0 fully saturated rings. The molecule has 0 saturated carbocycles. The number of benzene rings is 2. The summed E-state index contributed by atoms with van der Waals surface area (Å²) in [6.07, 6.45) is 0. The fourth-order valence-corrected chi connectivity index (χ4v) is 1.82. The van der Waals surface area contributed by atoms with E-state index in [4.69, 9.17) is 28.0 Å². The lowest BCUT2D eigenvalue weighted by atomic mass is 10.2. The maximum absolute atomic E-state index is 7.41. The van der Waals surface area contributed by atoms with Crippen molar-refractivity contribution in [2.75, 3.05) is 5.32 Å². The Morgan fingerprint density at radius 3 is 2.09 bits per heavy atom. The largest absolute Gasteiger partial charge is 0.384 e. The van der Waals surface area contributed by atoms with Crippen molar-refractivity contribution in [2.45, 2.75) is 0 Å². The molecule has 0 aromatic heterocycles. The zero-order valence-corrected chi connectivity index (χ0v) is 11.8. The van der Waals surface area contributed by atoms with Crippen molar-refractivity contribution in [1.29, 1.82) is 10.8 Å². The molecule has 9 N–H and O–H groups in total. The molecule has 2 aromatic carbocycles. The van der Waals surface area contributed by atoms with Crippen molar-refractivity contribution in [2.24, 2.45) is 22.2 Å². The third kappa shape index (κ3) is 3.83. The monoisotopic (exact) mass is 295 g/mol. The molecule has 0 radical (unpaired) electrons. The molecular formula is C15H17N7. The van der Waals surface area contributed by atoms with E-state index in [0.29, 0.717) is 22.5 Å². The van der Waals surface area contributed by atoms with Gasteiger partial charge >= 0.3 is 0 Å². The fraction of sp³-hybridized carbons (Fsp3) is 0. The average molecular weight is 295 g/mol. The van der Waals surface area contributed by atoms with Crippen molar-refractivity contribution >= 4 is 29.0 Å². The molecule has 112 valence electrons. The molecule has 7 heteroatoms. The van der Waals surface area contributed by atoms with E-state index in [1.165, 1.54) is 0 Å². The number of guanidine groups is 1. The number of nitrogens with one attached hydrogen (secondary N) is 3. The molecule has 7 nitrogen and oxygen atoms in total. The summed E-state index contributed by atoms with van der Waals surface area (Å²) in [5.74, 6) is 0.132. The molecule has 0 saturated heterocycles. The number of hydrogen-bond acceptors (Lipinski definition) is 3. The van der Waals surface area contributed by atoms with Gasteiger partial charge in [0.05, 0.1) is 5.69 Å². The number of rotatable bonds is 4. The van der Waals surface area contributed by atoms with E-state index in [9.17, 15) is 0 Å². The molecule has 22 heavy (non-hydrogen) atoms.